The lowest BCUT2D eigenvalue weighted by molar-refractivity contribution is -0.117. The van der Waals surface area contributed by atoms with Gasteiger partial charge >= 0.3 is 0 Å². The van der Waals surface area contributed by atoms with Crippen LogP contribution in [-0.4, -0.2) is 23.7 Å². The molecule has 3 heteroatoms. The van der Waals surface area contributed by atoms with Crippen LogP contribution in [-0.2, 0) is 4.79 Å². The lowest BCUT2D eigenvalue weighted by Gasteiger charge is -2.20. The molecule has 2 atom stereocenters. The van der Waals surface area contributed by atoms with Crippen LogP contribution < -0.4 is 5.32 Å². The van der Waals surface area contributed by atoms with Crippen LogP contribution in [0.25, 0.3) is 0 Å². The highest BCUT2D eigenvalue weighted by atomic mass is 16.3. The highest BCUT2D eigenvalue weighted by Crippen LogP contribution is 2.12. The molecule has 2 N–H and O–H groups in total. The first-order valence-electron chi connectivity index (χ1n) is 5.60. The molecule has 0 aromatic heterocycles. The molecule has 88 valence electrons. The normalized spacial score (nSPS) is 14.4. The first kappa shape index (κ1) is 14.2. The summed E-state index contributed by atoms with van der Waals surface area (Å²) in [5.41, 5.74) is 0.509. The van der Waals surface area contributed by atoms with E-state index in [1.807, 2.05) is 0 Å². The van der Waals surface area contributed by atoms with Gasteiger partial charge in [-0.05, 0) is 20.3 Å². The van der Waals surface area contributed by atoms with Gasteiger partial charge in [0.05, 0.1) is 6.10 Å². The fourth-order valence-electron chi connectivity index (χ4n) is 1.35. The Morgan fingerprint density at radius 2 is 2.13 bits per heavy atom. The molecule has 0 rings (SSSR count). The van der Waals surface area contributed by atoms with E-state index < -0.39 is 0 Å². The molecule has 2 unspecified atom stereocenters. The maximum atomic E-state index is 11.3. The molecule has 0 aliphatic rings. The summed E-state index contributed by atoms with van der Waals surface area (Å²) in [6, 6.07) is 0. The van der Waals surface area contributed by atoms with E-state index in [1.165, 1.54) is 0 Å². The van der Waals surface area contributed by atoms with Gasteiger partial charge in [0.25, 0.3) is 0 Å². The molecule has 1 amide bonds. The van der Waals surface area contributed by atoms with Gasteiger partial charge in [-0.2, -0.15) is 0 Å². The van der Waals surface area contributed by atoms with Crippen molar-refractivity contribution in [2.75, 3.05) is 6.54 Å². The molecule has 3 nitrogen and oxygen atoms in total. The van der Waals surface area contributed by atoms with E-state index in [-0.39, 0.29) is 17.9 Å². The van der Waals surface area contributed by atoms with Crippen LogP contribution in [0, 0.1) is 5.92 Å². The van der Waals surface area contributed by atoms with Crippen LogP contribution >= 0.6 is 0 Å². The van der Waals surface area contributed by atoms with Gasteiger partial charge in [-0.15, -0.1) is 0 Å². The number of aliphatic hydroxyl groups is 1. The summed E-state index contributed by atoms with van der Waals surface area (Å²) in [6.07, 6.45) is 2.77. The molecule has 15 heavy (non-hydrogen) atoms. The van der Waals surface area contributed by atoms with E-state index in [4.69, 9.17) is 0 Å². The third kappa shape index (κ3) is 6.28. The fraction of sp³-hybridized carbons (Fsp3) is 0.750. The second-order valence-electron chi connectivity index (χ2n) is 4.13. The van der Waals surface area contributed by atoms with Crippen LogP contribution in [0.15, 0.2) is 12.2 Å². The largest absolute Gasteiger partial charge is 0.393 e. The summed E-state index contributed by atoms with van der Waals surface area (Å²) in [5, 5.41) is 12.3. The van der Waals surface area contributed by atoms with Crippen LogP contribution in [0.2, 0.25) is 0 Å². The zero-order chi connectivity index (χ0) is 11.8. The van der Waals surface area contributed by atoms with Crippen molar-refractivity contribution in [3.05, 3.63) is 12.2 Å². The molecule has 0 aliphatic heterocycles. The smallest absolute Gasteiger partial charge is 0.246 e. The number of aliphatic hydroxyl groups excluding tert-OH is 1. The summed E-state index contributed by atoms with van der Waals surface area (Å²) in [6.45, 7) is 9.66. The van der Waals surface area contributed by atoms with Gasteiger partial charge in [-0.25, -0.2) is 0 Å². The predicted octanol–water partition coefficient (Wildman–Crippen LogP) is 1.87. The minimum absolute atomic E-state index is 0.128. The van der Waals surface area contributed by atoms with Crippen molar-refractivity contribution in [2.45, 2.75) is 46.1 Å². The van der Waals surface area contributed by atoms with Crippen molar-refractivity contribution < 1.29 is 9.90 Å². The number of carbonyl (C=O) groups excluding carboxylic acids is 1. The molecule has 0 spiro atoms. The maximum absolute atomic E-state index is 11.3. The van der Waals surface area contributed by atoms with Crippen molar-refractivity contribution in [1.82, 2.24) is 5.32 Å². The molecule has 0 fully saturated rings. The van der Waals surface area contributed by atoms with Gasteiger partial charge in [0.2, 0.25) is 5.91 Å². The number of rotatable bonds is 7. The molecular formula is C12H23NO2. The Labute approximate surface area is 92.6 Å². The van der Waals surface area contributed by atoms with Crippen molar-refractivity contribution in [3.63, 3.8) is 0 Å². The summed E-state index contributed by atoms with van der Waals surface area (Å²) >= 11 is 0. The van der Waals surface area contributed by atoms with Crippen molar-refractivity contribution in [1.29, 1.82) is 0 Å². The number of carbonyl (C=O) groups is 1. The fourth-order valence-corrected chi connectivity index (χ4v) is 1.35. The minimum atomic E-state index is -0.373. The third-order valence-corrected chi connectivity index (χ3v) is 2.52. The molecule has 0 aromatic rings. The maximum Gasteiger partial charge on any atom is 0.246 e. The first-order valence-corrected chi connectivity index (χ1v) is 5.60. The lowest BCUT2D eigenvalue weighted by Crippen LogP contribution is -2.34. The van der Waals surface area contributed by atoms with Crippen molar-refractivity contribution in [3.8, 4) is 0 Å². The zero-order valence-corrected chi connectivity index (χ0v) is 10.0. The summed E-state index contributed by atoms with van der Waals surface area (Å²) in [4.78, 5) is 11.3. The number of hydrogen-bond donors (Lipinski definition) is 2. The summed E-state index contributed by atoms with van der Waals surface area (Å²) in [7, 11) is 0. The van der Waals surface area contributed by atoms with E-state index in [1.54, 1.807) is 13.8 Å². The van der Waals surface area contributed by atoms with Crippen LogP contribution in [0.1, 0.15) is 40.0 Å². The van der Waals surface area contributed by atoms with Gasteiger partial charge in [-0.3, -0.25) is 4.79 Å². The molecule has 0 saturated carbocycles. The average Bonchev–Trinajstić information content (AvgIpc) is 2.16. The van der Waals surface area contributed by atoms with E-state index in [0.717, 1.165) is 19.3 Å². The predicted molar refractivity (Wildman–Crippen MR) is 62.5 cm³/mol. The Hall–Kier alpha value is -0.830. The van der Waals surface area contributed by atoms with E-state index in [9.17, 15) is 9.90 Å². The lowest BCUT2D eigenvalue weighted by atomic mass is 9.97. The Kier molecular flexibility index (Phi) is 7.05. The Balaban J connectivity index is 3.95. The highest BCUT2D eigenvalue weighted by Gasteiger charge is 2.15. The monoisotopic (exact) mass is 213 g/mol. The van der Waals surface area contributed by atoms with Gasteiger partial charge in [0.15, 0.2) is 0 Å². The summed E-state index contributed by atoms with van der Waals surface area (Å²) in [5.74, 6) is 0.0189. The molecular weight excluding hydrogens is 190 g/mol. The molecule has 0 bridgehead atoms. The van der Waals surface area contributed by atoms with E-state index >= 15 is 0 Å². The standard InChI is InChI=1S/C12H23NO2/c1-5-6-7-11(10(4)14)8-13-12(15)9(2)3/h10-11,14H,2,5-8H2,1,3-4H3,(H,13,15). The van der Waals surface area contributed by atoms with E-state index in [2.05, 4.69) is 18.8 Å². The molecule has 0 aliphatic carbocycles. The third-order valence-electron chi connectivity index (χ3n) is 2.52. The first-order chi connectivity index (χ1) is 6.99. The van der Waals surface area contributed by atoms with Crippen molar-refractivity contribution >= 4 is 5.91 Å². The number of nitrogens with one attached hydrogen (secondary N) is 1. The second kappa shape index (κ2) is 7.46. The van der Waals surface area contributed by atoms with E-state index in [0.29, 0.717) is 12.1 Å². The molecule has 0 aromatic carbocycles. The zero-order valence-electron chi connectivity index (χ0n) is 10.0. The number of amides is 1. The van der Waals surface area contributed by atoms with Crippen LogP contribution in [0.4, 0.5) is 0 Å². The van der Waals surface area contributed by atoms with Gasteiger partial charge in [0.1, 0.15) is 0 Å². The summed E-state index contributed by atoms with van der Waals surface area (Å²) < 4.78 is 0. The Bertz CT molecular complexity index is 212. The van der Waals surface area contributed by atoms with Gasteiger partial charge < -0.3 is 10.4 Å². The van der Waals surface area contributed by atoms with Crippen LogP contribution in [0.3, 0.4) is 0 Å². The number of hydrogen-bond acceptors (Lipinski definition) is 2. The minimum Gasteiger partial charge on any atom is -0.393 e. The topological polar surface area (TPSA) is 49.3 Å². The molecule has 0 saturated heterocycles. The van der Waals surface area contributed by atoms with Gasteiger partial charge in [0, 0.05) is 18.0 Å². The highest BCUT2D eigenvalue weighted by molar-refractivity contribution is 5.92. The number of unbranched alkanes of at least 4 members (excludes halogenated alkanes) is 1. The Morgan fingerprint density at radius 1 is 1.53 bits per heavy atom. The second-order valence-corrected chi connectivity index (χ2v) is 4.13. The quantitative estimate of drug-likeness (QED) is 0.634. The van der Waals surface area contributed by atoms with Crippen LogP contribution in [0.5, 0.6) is 0 Å². The molecule has 0 heterocycles. The Morgan fingerprint density at radius 3 is 2.53 bits per heavy atom. The van der Waals surface area contributed by atoms with Crippen molar-refractivity contribution in [2.24, 2.45) is 5.92 Å². The average molecular weight is 213 g/mol. The SMILES string of the molecule is C=C(C)C(=O)NCC(CCCC)C(C)O. The van der Waals surface area contributed by atoms with Gasteiger partial charge in [-0.1, -0.05) is 26.3 Å². The molecule has 0 radical (unpaired) electrons.